The van der Waals surface area contributed by atoms with Gasteiger partial charge in [-0.05, 0) is 74.9 Å². The Morgan fingerprint density at radius 2 is 0.833 bits per heavy atom. The largest absolute Gasteiger partial charge is 0.369 e. The first-order valence-corrected chi connectivity index (χ1v) is 11.3. The minimum Gasteiger partial charge on any atom is -0.369 e. The van der Waals surface area contributed by atoms with Crippen molar-refractivity contribution in [3.63, 3.8) is 0 Å². The number of nitrogens with zero attached hydrogens (tertiary/aromatic N) is 3. The number of amidine groups is 3. The van der Waals surface area contributed by atoms with Gasteiger partial charge in [-0.2, -0.15) is 0 Å². The standard InChI is InChI=1S/C24H36N6/c1-13-10-25-22(28-13)7-19-16(4)20(8-23-26-11-14(2)29-23)18(6)21(17(19)5)9-24-27-12-15(3)30-24/h13-15H,7-12H2,1-6H3,(H,25,28)(H,26,29)(H,27,30)/t13-,14-,15-/m0/s1. The first kappa shape index (κ1) is 20.9. The average Bonchev–Trinajstić information content (AvgIpc) is 3.42. The number of benzene rings is 1. The van der Waals surface area contributed by atoms with E-state index in [4.69, 9.17) is 15.0 Å². The highest BCUT2D eigenvalue weighted by Gasteiger charge is 2.24. The highest BCUT2D eigenvalue weighted by Crippen LogP contribution is 2.30. The number of hydrogen-bond donors (Lipinski definition) is 3. The molecule has 162 valence electrons. The van der Waals surface area contributed by atoms with Gasteiger partial charge in [0.2, 0.25) is 0 Å². The van der Waals surface area contributed by atoms with Gasteiger partial charge in [0.15, 0.2) is 0 Å². The molecule has 0 saturated heterocycles. The molecular formula is C24H36N6. The Balaban J connectivity index is 1.72. The van der Waals surface area contributed by atoms with E-state index in [0.717, 1.165) is 56.4 Å². The zero-order valence-electron chi connectivity index (χ0n) is 19.3. The molecular weight excluding hydrogens is 372 g/mol. The summed E-state index contributed by atoms with van der Waals surface area (Å²) in [6, 6.07) is 1.30. The lowest BCUT2D eigenvalue weighted by molar-refractivity contribution is 0.722. The molecule has 3 aliphatic heterocycles. The molecule has 1 aromatic carbocycles. The number of aliphatic imine (C=N–C) groups is 3. The van der Waals surface area contributed by atoms with Crippen LogP contribution in [0.5, 0.6) is 0 Å². The molecule has 0 aliphatic carbocycles. The van der Waals surface area contributed by atoms with Crippen LogP contribution in [0.15, 0.2) is 15.0 Å². The smallest absolute Gasteiger partial charge is 0.101 e. The third-order valence-corrected chi connectivity index (χ3v) is 6.66. The van der Waals surface area contributed by atoms with Crippen molar-refractivity contribution >= 4 is 17.5 Å². The van der Waals surface area contributed by atoms with Crippen molar-refractivity contribution in [3.8, 4) is 0 Å². The highest BCUT2D eigenvalue weighted by atomic mass is 15.1. The summed E-state index contributed by atoms with van der Waals surface area (Å²) >= 11 is 0. The zero-order valence-corrected chi connectivity index (χ0v) is 19.3. The molecule has 3 heterocycles. The quantitative estimate of drug-likeness (QED) is 0.677. The van der Waals surface area contributed by atoms with Gasteiger partial charge in [0.25, 0.3) is 0 Å². The van der Waals surface area contributed by atoms with Gasteiger partial charge in [0.1, 0.15) is 17.5 Å². The van der Waals surface area contributed by atoms with Gasteiger partial charge in [-0.15, -0.1) is 0 Å². The van der Waals surface area contributed by atoms with E-state index in [0.29, 0.717) is 18.1 Å². The second kappa shape index (κ2) is 8.40. The number of nitrogens with one attached hydrogen (secondary N) is 3. The number of rotatable bonds is 6. The van der Waals surface area contributed by atoms with E-state index in [2.05, 4.69) is 57.5 Å². The third-order valence-electron chi connectivity index (χ3n) is 6.66. The van der Waals surface area contributed by atoms with Crippen molar-refractivity contribution in [1.29, 1.82) is 0 Å². The Morgan fingerprint density at radius 3 is 1.03 bits per heavy atom. The minimum atomic E-state index is 0.432. The molecule has 6 heteroatoms. The molecule has 0 saturated carbocycles. The molecule has 0 unspecified atom stereocenters. The van der Waals surface area contributed by atoms with E-state index in [1.807, 2.05) is 0 Å². The van der Waals surface area contributed by atoms with Crippen LogP contribution in [0.2, 0.25) is 0 Å². The second-order valence-corrected chi connectivity index (χ2v) is 9.34. The van der Waals surface area contributed by atoms with Crippen LogP contribution in [-0.4, -0.2) is 55.3 Å². The molecule has 0 fully saturated rings. The summed E-state index contributed by atoms with van der Waals surface area (Å²) in [6.45, 7) is 16.0. The Labute approximate surface area is 180 Å². The topological polar surface area (TPSA) is 73.2 Å². The Kier molecular flexibility index (Phi) is 5.85. The summed E-state index contributed by atoms with van der Waals surface area (Å²) in [6.07, 6.45) is 2.61. The summed E-state index contributed by atoms with van der Waals surface area (Å²) < 4.78 is 0. The fraction of sp³-hybridized carbons (Fsp3) is 0.625. The van der Waals surface area contributed by atoms with E-state index in [9.17, 15) is 0 Å². The fourth-order valence-corrected chi connectivity index (χ4v) is 4.88. The van der Waals surface area contributed by atoms with Gasteiger partial charge in [-0.3, -0.25) is 15.0 Å². The van der Waals surface area contributed by atoms with Crippen LogP contribution in [-0.2, 0) is 19.3 Å². The van der Waals surface area contributed by atoms with E-state index in [-0.39, 0.29) is 0 Å². The molecule has 4 rings (SSSR count). The highest BCUT2D eigenvalue weighted by molar-refractivity contribution is 5.90. The fourth-order valence-electron chi connectivity index (χ4n) is 4.88. The summed E-state index contributed by atoms with van der Waals surface area (Å²) in [5.74, 6) is 3.35. The van der Waals surface area contributed by atoms with E-state index < -0.39 is 0 Å². The van der Waals surface area contributed by atoms with Gasteiger partial charge < -0.3 is 16.0 Å². The van der Waals surface area contributed by atoms with Crippen LogP contribution in [0.3, 0.4) is 0 Å². The molecule has 0 aromatic heterocycles. The van der Waals surface area contributed by atoms with Gasteiger partial charge >= 0.3 is 0 Å². The first-order valence-electron chi connectivity index (χ1n) is 11.3. The van der Waals surface area contributed by atoms with Gasteiger partial charge in [0, 0.05) is 37.4 Å². The normalized spacial score (nSPS) is 25.4. The molecule has 0 spiro atoms. The van der Waals surface area contributed by atoms with Crippen molar-refractivity contribution in [2.75, 3.05) is 19.6 Å². The maximum atomic E-state index is 4.74. The molecule has 3 aliphatic rings. The lowest BCUT2D eigenvalue weighted by atomic mass is 9.84. The van der Waals surface area contributed by atoms with Crippen LogP contribution in [0, 0.1) is 20.8 Å². The number of hydrogen-bond acceptors (Lipinski definition) is 6. The molecule has 0 amide bonds. The molecule has 6 nitrogen and oxygen atoms in total. The van der Waals surface area contributed by atoms with Crippen LogP contribution < -0.4 is 16.0 Å². The summed E-state index contributed by atoms with van der Waals surface area (Å²) in [5.41, 5.74) is 8.38. The van der Waals surface area contributed by atoms with Crippen LogP contribution in [0.4, 0.5) is 0 Å². The Bertz CT molecular complexity index is 786. The van der Waals surface area contributed by atoms with Gasteiger partial charge in [0.05, 0.1) is 19.6 Å². The summed E-state index contributed by atoms with van der Waals surface area (Å²) in [4.78, 5) is 14.2. The molecule has 0 bridgehead atoms. The molecule has 1 aromatic rings. The van der Waals surface area contributed by atoms with E-state index >= 15 is 0 Å². The third kappa shape index (κ3) is 4.23. The lowest BCUT2D eigenvalue weighted by Crippen LogP contribution is -2.31. The first-order chi connectivity index (χ1) is 14.3. The molecule has 3 N–H and O–H groups in total. The Morgan fingerprint density at radius 1 is 0.567 bits per heavy atom. The van der Waals surface area contributed by atoms with Crippen LogP contribution >= 0.6 is 0 Å². The van der Waals surface area contributed by atoms with Gasteiger partial charge in [-0.25, -0.2) is 0 Å². The predicted octanol–water partition coefficient (Wildman–Crippen LogP) is 2.41. The van der Waals surface area contributed by atoms with Gasteiger partial charge in [-0.1, -0.05) is 0 Å². The van der Waals surface area contributed by atoms with Crippen molar-refractivity contribution in [2.24, 2.45) is 15.0 Å². The summed E-state index contributed by atoms with van der Waals surface area (Å²) in [5, 5.41) is 10.6. The van der Waals surface area contributed by atoms with Crippen LogP contribution in [0.25, 0.3) is 0 Å². The SMILES string of the molecule is Cc1c(CC2=NC[C@H](C)N2)c(C)c(CC2=NC[C@H](C)N2)c(C)c1CC1=NC[C@H](C)N1. The zero-order chi connectivity index (χ0) is 21.4. The average molecular weight is 409 g/mol. The second-order valence-electron chi connectivity index (χ2n) is 9.34. The Hall–Kier alpha value is -2.37. The van der Waals surface area contributed by atoms with Crippen molar-refractivity contribution in [1.82, 2.24) is 16.0 Å². The predicted molar refractivity (Wildman–Crippen MR) is 126 cm³/mol. The minimum absolute atomic E-state index is 0.432. The molecule has 0 radical (unpaired) electrons. The maximum absolute atomic E-state index is 4.74. The van der Waals surface area contributed by atoms with Crippen LogP contribution in [0.1, 0.15) is 54.2 Å². The van der Waals surface area contributed by atoms with Crippen molar-refractivity contribution in [3.05, 3.63) is 33.4 Å². The molecule has 3 atom stereocenters. The van der Waals surface area contributed by atoms with E-state index in [1.54, 1.807) is 0 Å². The lowest BCUT2D eigenvalue weighted by Gasteiger charge is -2.23. The maximum Gasteiger partial charge on any atom is 0.101 e. The van der Waals surface area contributed by atoms with E-state index in [1.165, 1.54) is 33.4 Å². The summed E-state index contributed by atoms with van der Waals surface area (Å²) in [7, 11) is 0. The monoisotopic (exact) mass is 408 g/mol. The van der Waals surface area contributed by atoms with Crippen molar-refractivity contribution in [2.45, 2.75) is 78.9 Å². The molecule has 30 heavy (non-hydrogen) atoms. The van der Waals surface area contributed by atoms with Crippen molar-refractivity contribution < 1.29 is 0 Å².